The molecule has 0 fully saturated rings. The van der Waals surface area contributed by atoms with E-state index in [9.17, 15) is 0 Å². The Hall–Kier alpha value is -0.410. The van der Waals surface area contributed by atoms with Crippen LogP contribution >= 0.6 is 0 Å². The topological polar surface area (TPSA) is 50.4 Å². The number of rotatable bonds is 7. The molecule has 3 nitrogen and oxygen atoms in total. The Balaban J connectivity index is 3.63. The Labute approximate surface area is 88.2 Å². The highest BCUT2D eigenvalue weighted by Crippen LogP contribution is 2.04. The molecule has 0 bridgehead atoms. The summed E-state index contributed by atoms with van der Waals surface area (Å²) in [6, 6.07) is 0.619. The molecule has 0 heterocycles. The lowest BCUT2D eigenvalue weighted by Crippen LogP contribution is -2.28. The molecule has 0 spiro atoms. The fraction of sp³-hybridized carbons (Fsp3) is 0.909. The lowest BCUT2D eigenvalue weighted by molar-refractivity contribution is 0.503. The zero-order valence-electron chi connectivity index (χ0n) is 10.0. The normalized spacial score (nSPS) is 16.8. The van der Waals surface area contributed by atoms with Gasteiger partial charge in [0.05, 0.1) is 6.67 Å². The first-order valence-corrected chi connectivity index (χ1v) is 5.56. The second-order valence-electron chi connectivity index (χ2n) is 3.94. The van der Waals surface area contributed by atoms with Crippen molar-refractivity contribution in [2.24, 2.45) is 16.6 Å². The number of nitrogens with zero attached hydrogens (tertiary/aromatic N) is 1. The maximum Gasteiger partial charge on any atom is 0.0858 e. The summed E-state index contributed by atoms with van der Waals surface area (Å²) >= 11 is 0. The van der Waals surface area contributed by atoms with Crippen molar-refractivity contribution < 1.29 is 0 Å². The first-order valence-electron chi connectivity index (χ1n) is 5.56. The number of nitrogens with one attached hydrogen (secondary N) is 1. The summed E-state index contributed by atoms with van der Waals surface area (Å²) in [5.41, 5.74) is 6.53. The number of nitrogens with two attached hydrogens (primary N) is 1. The molecule has 0 rings (SSSR count). The Kier molecular flexibility index (Phi) is 7.71. The molecule has 14 heavy (non-hydrogen) atoms. The van der Waals surface area contributed by atoms with E-state index in [0.29, 0.717) is 18.6 Å². The van der Waals surface area contributed by atoms with E-state index in [1.54, 1.807) is 0 Å². The van der Waals surface area contributed by atoms with Gasteiger partial charge in [0.15, 0.2) is 0 Å². The van der Waals surface area contributed by atoms with E-state index < -0.39 is 0 Å². The maximum atomic E-state index is 5.36. The summed E-state index contributed by atoms with van der Waals surface area (Å²) in [5, 5.41) is 3.47. The van der Waals surface area contributed by atoms with Gasteiger partial charge in [-0.15, -0.1) is 0 Å². The summed E-state index contributed by atoms with van der Waals surface area (Å²) in [6.45, 7) is 10.1. The van der Waals surface area contributed by atoms with E-state index in [2.05, 4.69) is 38.0 Å². The summed E-state index contributed by atoms with van der Waals surface area (Å²) in [7, 11) is 0. The van der Waals surface area contributed by atoms with Gasteiger partial charge in [0, 0.05) is 11.8 Å². The van der Waals surface area contributed by atoms with Crippen LogP contribution in [0.1, 0.15) is 40.5 Å². The minimum absolute atomic E-state index is 0.412. The van der Waals surface area contributed by atoms with Crippen molar-refractivity contribution in [3.05, 3.63) is 0 Å². The van der Waals surface area contributed by atoms with Gasteiger partial charge in [0.2, 0.25) is 0 Å². The first kappa shape index (κ1) is 13.6. The van der Waals surface area contributed by atoms with E-state index in [1.165, 1.54) is 12.1 Å². The lowest BCUT2D eigenvalue weighted by atomic mass is 10.0. The Morgan fingerprint density at radius 2 is 2.07 bits per heavy atom. The van der Waals surface area contributed by atoms with Gasteiger partial charge >= 0.3 is 0 Å². The quantitative estimate of drug-likeness (QED) is 0.614. The Morgan fingerprint density at radius 1 is 1.43 bits per heavy atom. The molecule has 0 amide bonds. The molecule has 0 radical (unpaired) electrons. The third kappa shape index (κ3) is 6.11. The highest BCUT2D eigenvalue weighted by molar-refractivity contribution is 5.83. The molecule has 0 aromatic rings. The number of hydrogen-bond donors (Lipinski definition) is 2. The molecule has 0 saturated carbocycles. The van der Waals surface area contributed by atoms with Crippen molar-refractivity contribution in [1.82, 2.24) is 5.32 Å². The van der Waals surface area contributed by atoms with Crippen molar-refractivity contribution in [2.75, 3.05) is 13.2 Å². The van der Waals surface area contributed by atoms with Gasteiger partial charge in [-0.05, 0) is 39.2 Å². The zero-order valence-corrected chi connectivity index (χ0v) is 10.0. The van der Waals surface area contributed by atoms with E-state index in [-0.39, 0.29) is 0 Å². The van der Waals surface area contributed by atoms with Crippen LogP contribution in [0.25, 0.3) is 0 Å². The monoisotopic (exact) mass is 199 g/mol. The molecule has 3 N–H and O–H groups in total. The second-order valence-corrected chi connectivity index (χ2v) is 3.94. The third-order valence-corrected chi connectivity index (χ3v) is 2.74. The van der Waals surface area contributed by atoms with Crippen LogP contribution in [0.15, 0.2) is 4.99 Å². The molecule has 0 aliphatic heterocycles. The highest BCUT2D eigenvalue weighted by atomic mass is 14.9. The zero-order chi connectivity index (χ0) is 11.0. The molecule has 0 aliphatic rings. The van der Waals surface area contributed by atoms with Crippen LogP contribution in [0, 0.1) is 5.92 Å². The second kappa shape index (κ2) is 7.94. The van der Waals surface area contributed by atoms with Crippen LogP contribution in [0.3, 0.4) is 0 Å². The summed E-state index contributed by atoms with van der Waals surface area (Å²) in [6.07, 6.45) is 2.32. The number of aliphatic imine (C=N–C) groups is 1. The smallest absolute Gasteiger partial charge is 0.0858 e. The average Bonchev–Trinajstić information content (AvgIpc) is 2.17. The summed E-state index contributed by atoms with van der Waals surface area (Å²) < 4.78 is 0. The van der Waals surface area contributed by atoms with Crippen LogP contribution in [0.2, 0.25) is 0 Å². The summed E-state index contributed by atoms with van der Waals surface area (Å²) in [4.78, 5) is 4.21. The molecule has 0 aromatic heterocycles. The van der Waals surface area contributed by atoms with Gasteiger partial charge in [-0.25, -0.2) is 0 Å². The minimum atomic E-state index is 0.412. The first-order chi connectivity index (χ1) is 6.61. The largest absolute Gasteiger partial charge is 0.314 e. The predicted molar refractivity (Wildman–Crippen MR) is 63.7 cm³/mol. The van der Waals surface area contributed by atoms with Crippen LogP contribution < -0.4 is 11.1 Å². The van der Waals surface area contributed by atoms with Gasteiger partial charge in [-0.1, -0.05) is 13.8 Å². The van der Waals surface area contributed by atoms with E-state index in [0.717, 1.165) is 13.0 Å². The number of hydrogen-bond acceptors (Lipinski definition) is 3. The molecule has 2 atom stereocenters. The van der Waals surface area contributed by atoms with Crippen molar-refractivity contribution >= 4 is 5.71 Å². The van der Waals surface area contributed by atoms with E-state index >= 15 is 0 Å². The van der Waals surface area contributed by atoms with Gasteiger partial charge < -0.3 is 11.1 Å². The van der Waals surface area contributed by atoms with Gasteiger partial charge in [0.1, 0.15) is 0 Å². The Bertz CT molecular complexity index is 166. The average molecular weight is 199 g/mol. The standard InChI is InChI=1S/C11H25N3/c1-5-10(3)13-7-6-9(2)11(4)14-8-12/h9-10,13H,5-8,12H2,1-4H3. The van der Waals surface area contributed by atoms with Gasteiger partial charge in [0.25, 0.3) is 0 Å². The highest BCUT2D eigenvalue weighted by Gasteiger charge is 2.05. The summed E-state index contributed by atoms with van der Waals surface area (Å²) in [5.74, 6) is 0.537. The molecular formula is C11H25N3. The predicted octanol–water partition coefficient (Wildman–Crippen LogP) is 1.78. The SMILES string of the molecule is CCC(C)NCCC(C)C(C)=NCN. The van der Waals surface area contributed by atoms with Crippen LogP contribution in [-0.4, -0.2) is 25.0 Å². The van der Waals surface area contributed by atoms with E-state index in [1.807, 2.05) is 0 Å². The van der Waals surface area contributed by atoms with Crippen molar-refractivity contribution in [1.29, 1.82) is 0 Å². The molecule has 0 aromatic carbocycles. The molecule has 0 aliphatic carbocycles. The molecular weight excluding hydrogens is 174 g/mol. The Morgan fingerprint density at radius 3 is 2.57 bits per heavy atom. The van der Waals surface area contributed by atoms with Gasteiger partial charge in [-0.2, -0.15) is 0 Å². The van der Waals surface area contributed by atoms with E-state index in [4.69, 9.17) is 5.73 Å². The van der Waals surface area contributed by atoms with Crippen molar-refractivity contribution in [3.8, 4) is 0 Å². The lowest BCUT2D eigenvalue weighted by Gasteiger charge is -2.14. The fourth-order valence-electron chi connectivity index (χ4n) is 1.20. The van der Waals surface area contributed by atoms with Crippen molar-refractivity contribution in [3.63, 3.8) is 0 Å². The van der Waals surface area contributed by atoms with Gasteiger partial charge in [-0.3, -0.25) is 4.99 Å². The minimum Gasteiger partial charge on any atom is -0.314 e. The van der Waals surface area contributed by atoms with Crippen LogP contribution in [-0.2, 0) is 0 Å². The molecule has 3 heteroatoms. The maximum absolute atomic E-state index is 5.36. The molecule has 0 saturated heterocycles. The third-order valence-electron chi connectivity index (χ3n) is 2.74. The van der Waals surface area contributed by atoms with Crippen LogP contribution in [0.5, 0.6) is 0 Å². The fourth-order valence-corrected chi connectivity index (χ4v) is 1.20. The molecule has 84 valence electrons. The van der Waals surface area contributed by atoms with Crippen LogP contribution in [0.4, 0.5) is 0 Å². The van der Waals surface area contributed by atoms with Crippen molar-refractivity contribution in [2.45, 2.75) is 46.6 Å². The molecule has 2 unspecified atom stereocenters.